The fraction of sp³-hybridized carbons (Fsp3) is 0.333. The van der Waals surface area contributed by atoms with Crippen molar-refractivity contribution in [2.75, 3.05) is 37.0 Å². The minimum absolute atomic E-state index is 0.231. The average molecular weight is 500 g/mol. The monoisotopic (exact) mass is 499 g/mol. The average Bonchev–Trinajstić information content (AvgIpc) is 3.24. The van der Waals surface area contributed by atoms with Gasteiger partial charge < -0.3 is 14.5 Å². The highest BCUT2D eigenvalue weighted by atomic mass is 35.5. The summed E-state index contributed by atoms with van der Waals surface area (Å²) < 4.78 is 5.04. The quantitative estimate of drug-likeness (QED) is 0.452. The maximum absolute atomic E-state index is 12.4. The molecule has 3 heterocycles. The Labute approximate surface area is 207 Å². The first-order valence-corrected chi connectivity index (χ1v) is 12.3. The Morgan fingerprint density at radius 3 is 2.65 bits per heavy atom. The van der Waals surface area contributed by atoms with Crippen LogP contribution in [0.5, 0.6) is 0 Å². The Balaban J connectivity index is 1.34. The molecule has 0 bridgehead atoms. The number of pyridine rings is 1. The fourth-order valence-electron chi connectivity index (χ4n) is 3.70. The highest BCUT2D eigenvalue weighted by Gasteiger charge is 2.22. The van der Waals surface area contributed by atoms with Gasteiger partial charge in [0.2, 0.25) is 5.91 Å². The minimum atomic E-state index is -0.269. The molecule has 8 nitrogen and oxygen atoms in total. The van der Waals surface area contributed by atoms with Crippen LogP contribution >= 0.6 is 22.9 Å². The van der Waals surface area contributed by atoms with Crippen molar-refractivity contribution >= 4 is 61.9 Å². The molecule has 4 rings (SSSR count). The zero-order valence-electron chi connectivity index (χ0n) is 19.0. The maximum atomic E-state index is 12.4. The number of allylic oxidation sites excluding steroid dienone is 1. The number of carbonyl (C=O) groups is 2. The molecule has 0 atom stereocenters. The molecule has 34 heavy (non-hydrogen) atoms. The lowest BCUT2D eigenvalue weighted by atomic mass is 9.96. The van der Waals surface area contributed by atoms with Crippen molar-refractivity contribution in [2.24, 2.45) is 5.92 Å². The second-order valence-corrected chi connectivity index (χ2v) is 9.33. The van der Waals surface area contributed by atoms with Gasteiger partial charge in [-0.05, 0) is 68.2 Å². The molecular formula is C24H26ClN5O3S. The van der Waals surface area contributed by atoms with Crippen molar-refractivity contribution in [3.8, 4) is 0 Å². The third kappa shape index (κ3) is 5.84. The predicted octanol–water partition coefficient (Wildman–Crippen LogP) is 5.48. The van der Waals surface area contributed by atoms with Crippen LogP contribution in [0.15, 0.2) is 48.6 Å². The summed E-state index contributed by atoms with van der Waals surface area (Å²) in [6, 6.07) is 11.3. The van der Waals surface area contributed by atoms with E-state index in [-0.39, 0.29) is 17.9 Å². The topological polar surface area (TPSA) is 87.7 Å². The molecule has 1 aliphatic rings. The number of halogens is 1. The number of amides is 2. The third-order valence-corrected chi connectivity index (χ3v) is 6.75. The van der Waals surface area contributed by atoms with Crippen LogP contribution in [0.1, 0.15) is 19.8 Å². The summed E-state index contributed by atoms with van der Waals surface area (Å²) in [7, 11) is 1.93. The second kappa shape index (κ2) is 10.8. The number of hydrogen-bond acceptors (Lipinski definition) is 7. The first kappa shape index (κ1) is 24.0. The van der Waals surface area contributed by atoms with Crippen LogP contribution in [0.3, 0.4) is 0 Å². The van der Waals surface area contributed by atoms with E-state index in [1.165, 1.54) is 11.3 Å². The number of aromatic nitrogens is 2. The van der Waals surface area contributed by atoms with Gasteiger partial charge in [0, 0.05) is 30.8 Å². The number of nitrogens with one attached hydrogen (secondary N) is 1. The number of ether oxygens (including phenoxy) is 1. The smallest absolute Gasteiger partial charge is 0.409 e. The first-order valence-electron chi connectivity index (χ1n) is 11.1. The Morgan fingerprint density at radius 1 is 1.21 bits per heavy atom. The summed E-state index contributed by atoms with van der Waals surface area (Å²) in [5, 5.41) is 4.01. The van der Waals surface area contributed by atoms with Crippen LogP contribution in [0.25, 0.3) is 10.3 Å². The van der Waals surface area contributed by atoms with E-state index in [1.807, 2.05) is 54.4 Å². The van der Waals surface area contributed by atoms with Crippen molar-refractivity contribution in [3.63, 3.8) is 0 Å². The molecule has 0 spiro atoms. The van der Waals surface area contributed by atoms with Gasteiger partial charge in [0.15, 0.2) is 5.13 Å². The maximum Gasteiger partial charge on any atom is 0.409 e. The molecule has 1 aromatic carbocycles. The molecular weight excluding hydrogens is 474 g/mol. The lowest BCUT2D eigenvalue weighted by molar-refractivity contribution is -0.111. The van der Waals surface area contributed by atoms with Crippen LogP contribution in [0.2, 0.25) is 5.02 Å². The Morgan fingerprint density at radius 2 is 1.94 bits per heavy atom. The number of carbonyl (C=O) groups excluding carboxylic acids is 2. The summed E-state index contributed by atoms with van der Waals surface area (Å²) in [5.41, 5.74) is 1.69. The van der Waals surface area contributed by atoms with Gasteiger partial charge >= 0.3 is 6.09 Å². The Hall–Kier alpha value is -3.17. The number of rotatable bonds is 6. The number of piperidine rings is 1. The van der Waals surface area contributed by atoms with Gasteiger partial charge in [-0.3, -0.25) is 10.1 Å². The van der Waals surface area contributed by atoms with E-state index in [0.717, 1.165) is 34.7 Å². The van der Waals surface area contributed by atoms with Gasteiger partial charge in [0.1, 0.15) is 16.2 Å². The van der Waals surface area contributed by atoms with E-state index in [2.05, 4.69) is 10.3 Å². The van der Waals surface area contributed by atoms with Gasteiger partial charge in [-0.2, -0.15) is 0 Å². The predicted molar refractivity (Wildman–Crippen MR) is 136 cm³/mol. The van der Waals surface area contributed by atoms with Gasteiger partial charge in [0.05, 0.1) is 6.61 Å². The van der Waals surface area contributed by atoms with Gasteiger partial charge in [-0.25, -0.2) is 14.8 Å². The van der Waals surface area contributed by atoms with E-state index in [1.54, 1.807) is 17.9 Å². The molecule has 3 aromatic rings. The van der Waals surface area contributed by atoms with Crippen LogP contribution in [-0.4, -0.2) is 53.6 Å². The normalized spacial score (nSPS) is 14.5. The molecule has 1 fully saturated rings. The number of nitrogens with zero attached hydrogens (tertiary/aromatic N) is 4. The number of benzene rings is 1. The van der Waals surface area contributed by atoms with E-state index < -0.39 is 0 Å². The molecule has 178 valence electrons. The van der Waals surface area contributed by atoms with Gasteiger partial charge in [0.25, 0.3) is 0 Å². The van der Waals surface area contributed by atoms with Crippen LogP contribution in [0.4, 0.5) is 21.4 Å². The summed E-state index contributed by atoms with van der Waals surface area (Å²) in [6.07, 6.45) is 4.79. The van der Waals surface area contributed by atoms with Gasteiger partial charge in [-0.1, -0.05) is 29.0 Å². The number of anilines is 3. The SMILES string of the molecule is CCOC(=O)N1CCC(/C=C/C(=O)Nc2nc3ccc(N(C)c4ccc(Cl)cc4)nc3s2)CC1. The fourth-order valence-corrected chi connectivity index (χ4v) is 4.67. The Bertz CT molecular complexity index is 1190. The van der Waals surface area contributed by atoms with Crippen molar-refractivity contribution in [1.29, 1.82) is 0 Å². The summed E-state index contributed by atoms with van der Waals surface area (Å²) in [5.74, 6) is 0.787. The molecule has 10 heteroatoms. The Kier molecular flexibility index (Phi) is 7.64. The molecule has 0 saturated carbocycles. The third-order valence-electron chi connectivity index (χ3n) is 5.61. The molecule has 0 aliphatic carbocycles. The van der Waals surface area contributed by atoms with Gasteiger partial charge in [-0.15, -0.1) is 0 Å². The second-order valence-electron chi connectivity index (χ2n) is 7.92. The molecule has 0 radical (unpaired) electrons. The van der Waals surface area contributed by atoms with E-state index >= 15 is 0 Å². The van der Waals surface area contributed by atoms with Crippen LogP contribution in [0, 0.1) is 5.92 Å². The minimum Gasteiger partial charge on any atom is -0.450 e. The zero-order valence-corrected chi connectivity index (χ0v) is 20.6. The molecule has 2 aromatic heterocycles. The highest BCUT2D eigenvalue weighted by molar-refractivity contribution is 7.22. The van der Waals surface area contributed by atoms with Crippen molar-refractivity contribution in [3.05, 3.63) is 53.6 Å². The summed E-state index contributed by atoms with van der Waals surface area (Å²) in [4.78, 5) is 37.8. The van der Waals surface area contributed by atoms with Crippen molar-refractivity contribution < 1.29 is 14.3 Å². The van der Waals surface area contributed by atoms with Crippen LogP contribution < -0.4 is 10.2 Å². The highest BCUT2D eigenvalue weighted by Crippen LogP contribution is 2.29. The number of likely N-dealkylation sites (tertiary alicyclic amines) is 1. The molecule has 2 amide bonds. The first-order chi connectivity index (χ1) is 16.4. The zero-order chi connectivity index (χ0) is 24.1. The molecule has 1 N–H and O–H groups in total. The van der Waals surface area contributed by atoms with Crippen molar-refractivity contribution in [1.82, 2.24) is 14.9 Å². The number of hydrogen-bond donors (Lipinski definition) is 1. The number of thiazole rings is 1. The number of fused-ring (bicyclic) bond motifs is 1. The summed E-state index contributed by atoms with van der Waals surface area (Å²) >= 11 is 7.31. The molecule has 1 saturated heterocycles. The molecule has 1 aliphatic heterocycles. The standard InChI is InChI=1S/C24H26ClN5O3S/c1-3-33-24(32)30-14-12-16(13-15-30)4-11-21(31)28-23-26-19-9-10-20(27-22(19)34-23)29(2)18-7-5-17(25)6-8-18/h4-11,16H,3,12-15H2,1-2H3,(H,26,28,31)/b11-4+. The van der Waals surface area contributed by atoms with Crippen molar-refractivity contribution in [2.45, 2.75) is 19.8 Å². The lowest BCUT2D eigenvalue weighted by Crippen LogP contribution is -2.38. The molecule has 0 unspecified atom stereocenters. The van der Waals surface area contributed by atoms with E-state index in [0.29, 0.717) is 29.9 Å². The summed E-state index contributed by atoms with van der Waals surface area (Å²) in [6.45, 7) is 3.43. The lowest BCUT2D eigenvalue weighted by Gasteiger charge is -2.29. The van der Waals surface area contributed by atoms with Crippen LogP contribution in [-0.2, 0) is 9.53 Å². The van der Waals surface area contributed by atoms with E-state index in [9.17, 15) is 9.59 Å². The van der Waals surface area contributed by atoms with E-state index in [4.69, 9.17) is 21.3 Å². The largest absolute Gasteiger partial charge is 0.450 e.